The summed E-state index contributed by atoms with van der Waals surface area (Å²) in [5, 5.41) is 13.5. The van der Waals surface area contributed by atoms with Crippen LogP contribution >= 0.6 is 0 Å². The monoisotopic (exact) mass is 348 g/mol. The zero-order valence-corrected chi connectivity index (χ0v) is 16.0. The molecule has 25 heavy (non-hydrogen) atoms. The second-order valence-electron chi connectivity index (χ2n) is 6.95. The van der Waals surface area contributed by atoms with Crippen molar-refractivity contribution in [1.29, 1.82) is 0 Å². The van der Waals surface area contributed by atoms with Gasteiger partial charge in [-0.3, -0.25) is 9.80 Å². The number of aliphatic hydroxyl groups is 1. The molecular formula is C20H36N4O. The number of likely N-dealkylation sites (N-methyl/N-ethyl adjacent to an activating group) is 1. The molecular weight excluding hydrogens is 312 g/mol. The second kappa shape index (κ2) is 11.6. The average Bonchev–Trinajstić information content (AvgIpc) is 2.65. The van der Waals surface area contributed by atoms with Gasteiger partial charge < -0.3 is 15.3 Å². The van der Waals surface area contributed by atoms with Crippen molar-refractivity contribution in [3.8, 4) is 0 Å². The number of rotatable bonds is 11. The number of benzene rings is 1. The lowest BCUT2D eigenvalue weighted by atomic mass is 10.2. The SMILES string of the molecule is CCN(CC)C[C@@H](O)CNCCN1CCN(Cc2ccccc2)CC1. The third-order valence-electron chi connectivity index (χ3n) is 5.06. The number of piperazine rings is 1. The molecule has 1 atom stereocenters. The lowest BCUT2D eigenvalue weighted by Crippen LogP contribution is -2.48. The third-order valence-corrected chi connectivity index (χ3v) is 5.06. The number of aliphatic hydroxyl groups excluding tert-OH is 1. The maximum Gasteiger partial charge on any atom is 0.0791 e. The van der Waals surface area contributed by atoms with E-state index in [0.717, 1.165) is 65.4 Å². The van der Waals surface area contributed by atoms with Crippen LogP contribution in [0.25, 0.3) is 0 Å². The first-order valence-corrected chi connectivity index (χ1v) is 9.81. The van der Waals surface area contributed by atoms with Crippen molar-refractivity contribution in [2.24, 2.45) is 0 Å². The highest BCUT2D eigenvalue weighted by atomic mass is 16.3. The Hall–Kier alpha value is -0.980. The number of hydrogen-bond acceptors (Lipinski definition) is 5. The predicted octanol–water partition coefficient (Wildman–Crippen LogP) is 1.10. The molecule has 0 saturated carbocycles. The van der Waals surface area contributed by atoms with Crippen LogP contribution in [0.3, 0.4) is 0 Å². The standard InChI is InChI=1S/C20H36N4O/c1-3-22(4-2)18-20(25)16-21-10-11-23-12-14-24(15-13-23)17-19-8-6-5-7-9-19/h5-9,20-21,25H,3-4,10-18H2,1-2H3/t20-/m0/s1. The second-order valence-corrected chi connectivity index (χ2v) is 6.95. The largest absolute Gasteiger partial charge is 0.390 e. The van der Waals surface area contributed by atoms with E-state index in [4.69, 9.17) is 0 Å². The van der Waals surface area contributed by atoms with Crippen LogP contribution in [0, 0.1) is 0 Å². The van der Waals surface area contributed by atoms with Crippen LogP contribution in [0.4, 0.5) is 0 Å². The minimum Gasteiger partial charge on any atom is -0.390 e. The Morgan fingerprint density at radius 1 is 1.04 bits per heavy atom. The molecule has 0 bridgehead atoms. The summed E-state index contributed by atoms with van der Waals surface area (Å²) in [6.45, 7) is 15.4. The summed E-state index contributed by atoms with van der Waals surface area (Å²) in [5.41, 5.74) is 1.40. The summed E-state index contributed by atoms with van der Waals surface area (Å²) >= 11 is 0. The molecule has 1 saturated heterocycles. The molecule has 2 N–H and O–H groups in total. The third kappa shape index (κ3) is 7.84. The number of hydrogen-bond donors (Lipinski definition) is 2. The molecule has 0 aliphatic carbocycles. The first-order valence-electron chi connectivity index (χ1n) is 9.81. The van der Waals surface area contributed by atoms with Crippen LogP contribution in [0.15, 0.2) is 30.3 Å². The Balaban J connectivity index is 1.53. The Morgan fingerprint density at radius 2 is 1.68 bits per heavy atom. The molecule has 0 spiro atoms. The molecule has 1 heterocycles. The quantitative estimate of drug-likeness (QED) is 0.586. The molecule has 2 rings (SSSR count). The van der Waals surface area contributed by atoms with E-state index in [2.05, 4.69) is 64.2 Å². The van der Waals surface area contributed by atoms with Gasteiger partial charge in [0.15, 0.2) is 0 Å². The first-order chi connectivity index (χ1) is 12.2. The molecule has 5 heteroatoms. The van der Waals surface area contributed by atoms with Crippen molar-refractivity contribution < 1.29 is 5.11 Å². The summed E-state index contributed by atoms with van der Waals surface area (Å²) in [6, 6.07) is 10.7. The van der Waals surface area contributed by atoms with E-state index in [1.54, 1.807) is 0 Å². The topological polar surface area (TPSA) is 42.0 Å². The smallest absolute Gasteiger partial charge is 0.0791 e. The zero-order valence-electron chi connectivity index (χ0n) is 16.0. The fourth-order valence-corrected chi connectivity index (χ4v) is 3.36. The minimum absolute atomic E-state index is 0.275. The van der Waals surface area contributed by atoms with Gasteiger partial charge in [-0.2, -0.15) is 0 Å². The maximum absolute atomic E-state index is 10.1. The van der Waals surface area contributed by atoms with Crippen molar-refractivity contribution in [2.45, 2.75) is 26.5 Å². The van der Waals surface area contributed by atoms with Gasteiger partial charge in [0.2, 0.25) is 0 Å². The van der Waals surface area contributed by atoms with Gasteiger partial charge in [-0.1, -0.05) is 44.2 Å². The highest BCUT2D eigenvalue weighted by molar-refractivity contribution is 5.14. The Kier molecular flexibility index (Phi) is 9.43. The van der Waals surface area contributed by atoms with Gasteiger partial charge in [0.05, 0.1) is 6.10 Å². The van der Waals surface area contributed by atoms with Crippen molar-refractivity contribution in [3.63, 3.8) is 0 Å². The van der Waals surface area contributed by atoms with Gasteiger partial charge in [0, 0.05) is 58.9 Å². The van der Waals surface area contributed by atoms with Crippen LogP contribution in [0.1, 0.15) is 19.4 Å². The van der Waals surface area contributed by atoms with Crippen LogP contribution in [0.2, 0.25) is 0 Å². The Labute approximate surface area is 153 Å². The molecule has 1 fully saturated rings. The van der Waals surface area contributed by atoms with E-state index in [-0.39, 0.29) is 6.10 Å². The van der Waals surface area contributed by atoms with Gasteiger partial charge in [0.1, 0.15) is 0 Å². The first kappa shape index (κ1) is 20.3. The van der Waals surface area contributed by atoms with E-state index < -0.39 is 0 Å². The lowest BCUT2D eigenvalue weighted by Gasteiger charge is -2.34. The van der Waals surface area contributed by atoms with Gasteiger partial charge in [-0.05, 0) is 18.7 Å². The molecule has 1 aromatic carbocycles. The van der Waals surface area contributed by atoms with Crippen LogP contribution < -0.4 is 5.32 Å². The Morgan fingerprint density at radius 3 is 2.32 bits per heavy atom. The van der Waals surface area contributed by atoms with Gasteiger partial charge >= 0.3 is 0 Å². The molecule has 1 aliphatic heterocycles. The Bertz CT molecular complexity index is 444. The highest BCUT2D eigenvalue weighted by Gasteiger charge is 2.16. The molecule has 5 nitrogen and oxygen atoms in total. The highest BCUT2D eigenvalue weighted by Crippen LogP contribution is 2.07. The lowest BCUT2D eigenvalue weighted by molar-refractivity contribution is 0.110. The molecule has 142 valence electrons. The van der Waals surface area contributed by atoms with Crippen molar-refractivity contribution in [3.05, 3.63) is 35.9 Å². The molecule has 0 radical (unpaired) electrons. The van der Waals surface area contributed by atoms with Crippen molar-refractivity contribution in [1.82, 2.24) is 20.0 Å². The summed E-state index contributed by atoms with van der Waals surface area (Å²) in [7, 11) is 0. The molecule has 0 aromatic heterocycles. The summed E-state index contributed by atoms with van der Waals surface area (Å²) in [4.78, 5) is 7.32. The van der Waals surface area contributed by atoms with Crippen LogP contribution in [-0.2, 0) is 6.54 Å². The summed E-state index contributed by atoms with van der Waals surface area (Å²) in [6.07, 6.45) is -0.275. The predicted molar refractivity (Wildman–Crippen MR) is 105 cm³/mol. The average molecular weight is 349 g/mol. The van der Waals surface area contributed by atoms with Gasteiger partial charge in [-0.15, -0.1) is 0 Å². The molecule has 1 aromatic rings. The zero-order chi connectivity index (χ0) is 17.9. The van der Waals surface area contributed by atoms with Crippen LogP contribution in [0.5, 0.6) is 0 Å². The van der Waals surface area contributed by atoms with Gasteiger partial charge in [0.25, 0.3) is 0 Å². The summed E-state index contributed by atoms with van der Waals surface area (Å²) in [5.74, 6) is 0. The minimum atomic E-state index is -0.275. The molecule has 1 aliphatic rings. The van der Waals surface area contributed by atoms with Crippen LogP contribution in [-0.4, -0.2) is 91.4 Å². The van der Waals surface area contributed by atoms with E-state index in [1.165, 1.54) is 5.56 Å². The van der Waals surface area contributed by atoms with E-state index in [1.807, 2.05) is 0 Å². The van der Waals surface area contributed by atoms with Crippen molar-refractivity contribution in [2.75, 3.05) is 65.4 Å². The van der Waals surface area contributed by atoms with E-state index in [0.29, 0.717) is 6.54 Å². The van der Waals surface area contributed by atoms with Crippen molar-refractivity contribution >= 4 is 0 Å². The number of nitrogens with zero attached hydrogens (tertiary/aromatic N) is 3. The summed E-state index contributed by atoms with van der Waals surface area (Å²) < 4.78 is 0. The maximum atomic E-state index is 10.1. The number of nitrogens with one attached hydrogen (secondary N) is 1. The molecule has 0 unspecified atom stereocenters. The van der Waals surface area contributed by atoms with Gasteiger partial charge in [-0.25, -0.2) is 0 Å². The van der Waals surface area contributed by atoms with E-state index >= 15 is 0 Å². The normalized spacial score (nSPS) is 17.9. The molecule has 0 amide bonds. The fourth-order valence-electron chi connectivity index (χ4n) is 3.36. The fraction of sp³-hybridized carbons (Fsp3) is 0.700. The van der Waals surface area contributed by atoms with E-state index in [9.17, 15) is 5.11 Å².